The molecule has 2 aromatic rings. The Morgan fingerprint density at radius 3 is 2.00 bits per heavy atom. The van der Waals surface area contributed by atoms with E-state index in [2.05, 4.69) is 0 Å². The van der Waals surface area contributed by atoms with Gasteiger partial charge in [-0.2, -0.15) is 0 Å². The van der Waals surface area contributed by atoms with Crippen LogP contribution >= 0.6 is 0 Å². The molecule has 7 nitrogen and oxygen atoms in total. The molecule has 3 rings (SSSR count). The molecule has 0 unspecified atom stereocenters. The van der Waals surface area contributed by atoms with Crippen LogP contribution in [0.15, 0.2) is 53.4 Å². The second-order valence-corrected chi connectivity index (χ2v) is 8.34. The van der Waals surface area contributed by atoms with Crippen LogP contribution in [0.4, 0.5) is 17.1 Å². The number of anilines is 2. The van der Waals surface area contributed by atoms with E-state index in [9.17, 15) is 18.5 Å². The average molecular weight is 375 g/mol. The topological polar surface area (TPSA) is 83.8 Å². The van der Waals surface area contributed by atoms with Gasteiger partial charge in [0.1, 0.15) is 5.69 Å². The molecule has 0 spiro atoms. The minimum atomic E-state index is -3.31. The highest BCUT2D eigenvalue weighted by atomic mass is 32.2. The SMILES string of the molecule is CCS(=O)(=O)c1ccccc1N1CCN(c2ccccc2[N+](=O)[O-])CC1. The fourth-order valence-electron chi connectivity index (χ4n) is 3.21. The molecule has 1 aliphatic heterocycles. The molecule has 0 aromatic heterocycles. The quantitative estimate of drug-likeness (QED) is 0.590. The first-order valence-corrected chi connectivity index (χ1v) is 10.1. The summed E-state index contributed by atoms with van der Waals surface area (Å²) in [6.45, 7) is 4.01. The van der Waals surface area contributed by atoms with Crippen molar-refractivity contribution in [1.29, 1.82) is 0 Å². The Hall–Kier alpha value is -2.61. The maximum atomic E-state index is 12.4. The van der Waals surface area contributed by atoms with Crippen molar-refractivity contribution in [3.8, 4) is 0 Å². The van der Waals surface area contributed by atoms with E-state index in [1.165, 1.54) is 6.07 Å². The Kier molecular flexibility index (Phi) is 5.13. The summed E-state index contributed by atoms with van der Waals surface area (Å²) in [5.74, 6) is 0.0557. The largest absolute Gasteiger partial charge is 0.367 e. The van der Waals surface area contributed by atoms with Gasteiger partial charge < -0.3 is 9.80 Å². The fraction of sp³-hybridized carbons (Fsp3) is 0.333. The molecule has 0 atom stereocenters. The lowest BCUT2D eigenvalue weighted by Crippen LogP contribution is -2.47. The molecule has 0 aliphatic carbocycles. The van der Waals surface area contributed by atoms with Gasteiger partial charge in [0.05, 0.1) is 21.3 Å². The number of nitro groups is 1. The number of nitrogens with zero attached hydrogens (tertiary/aromatic N) is 3. The van der Waals surface area contributed by atoms with E-state index in [-0.39, 0.29) is 16.4 Å². The van der Waals surface area contributed by atoms with Crippen molar-refractivity contribution in [3.63, 3.8) is 0 Å². The molecule has 2 aromatic carbocycles. The van der Waals surface area contributed by atoms with E-state index in [1.807, 2.05) is 21.9 Å². The zero-order valence-electron chi connectivity index (χ0n) is 14.5. The molecule has 1 heterocycles. The van der Waals surface area contributed by atoms with Crippen LogP contribution in [0.25, 0.3) is 0 Å². The van der Waals surface area contributed by atoms with Crippen LogP contribution in [-0.4, -0.2) is 45.3 Å². The zero-order valence-corrected chi connectivity index (χ0v) is 15.4. The molecule has 1 saturated heterocycles. The third-order valence-corrected chi connectivity index (χ3v) is 6.40. The second-order valence-electron chi connectivity index (χ2n) is 6.09. The van der Waals surface area contributed by atoms with Crippen molar-refractivity contribution in [1.82, 2.24) is 0 Å². The fourth-order valence-corrected chi connectivity index (χ4v) is 4.32. The molecule has 26 heavy (non-hydrogen) atoms. The molecular weight excluding hydrogens is 354 g/mol. The normalized spacial score (nSPS) is 15.1. The van der Waals surface area contributed by atoms with E-state index in [1.54, 1.807) is 37.3 Å². The molecule has 0 saturated carbocycles. The van der Waals surface area contributed by atoms with Gasteiger partial charge in [0.25, 0.3) is 5.69 Å². The van der Waals surface area contributed by atoms with Gasteiger partial charge in [-0.3, -0.25) is 10.1 Å². The first-order chi connectivity index (χ1) is 12.4. The predicted octanol–water partition coefficient (Wildman–Crippen LogP) is 2.72. The highest BCUT2D eigenvalue weighted by molar-refractivity contribution is 7.91. The number of piperazine rings is 1. The summed E-state index contributed by atoms with van der Waals surface area (Å²) in [6.07, 6.45) is 0. The maximum Gasteiger partial charge on any atom is 0.292 e. The maximum absolute atomic E-state index is 12.4. The number of para-hydroxylation sites is 3. The first-order valence-electron chi connectivity index (χ1n) is 8.49. The van der Waals surface area contributed by atoms with Gasteiger partial charge >= 0.3 is 0 Å². The van der Waals surface area contributed by atoms with Crippen molar-refractivity contribution in [2.75, 3.05) is 41.7 Å². The van der Waals surface area contributed by atoms with E-state index >= 15 is 0 Å². The molecule has 1 aliphatic rings. The highest BCUT2D eigenvalue weighted by Crippen LogP contribution is 2.31. The van der Waals surface area contributed by atoms with E-state index in [0.29, 0.717) is 42.4 Å². The number of hydrogen-bond acceptors (Lipinski definition) is 6. The van der Waals surface area contributed by atoms with Crippen molar-refractivity contribution in [2.24, 2.45) is 0 Å². The molecule has 0 radical (unpaired) electrons. The summed E-state index contributed by atoms with van der Waals surface area (Å²) < 4.78 is 24.7. The Labute approximate surface area is 152 Å². The van der Waals surface area contributed by atoms with Crippen LogP contribution in [-0.2, 0) is 9.84 Å². The molecule has 8 heteroatoms. The van der Waals surface area contributed by atoms with Gasteiger partial charge in [-0.25, -0.2) is 8.42 Å². The van der Waals surface area contributed by atoms with Gasteiger partial charge in [0.15, 0.2) is 9.84 Å². The predicted molar refractivity (Wildman–Crippen MR) is 102 cm³/mol. The lowest BCUT2D eigenvalue weighted by molar-refractivity contribution is -0.384. The van der Waals surface area contributed by atoms with Crippen LogP contribution in [0.1, 0.15) is 6.92 Å². The van der Waals surface area contributed by atoms with Crippen LogP contribution in [0.2, 0.25) is 0 Å². The number of rotatable bonds is 5. The van der Waals surface area contributed by atoms with Crippen LogP contribution in [0, 0.1) is 10.1 Å². The van der Waals surface area contributed by atoms with Gasteiger partial charge in [-0.05, 0) is 18.2 Å². The minimum Gasteiger partial charge on any atom is -0.367 e. The van der Waals surface area contributed by atoms with Crippen molar-refractivity contribution >= 4 is 26.9 Å². The van der Waals surface area contributed by atoms with E-state index in [0.717, 1.165) is 0 Å². The van der Waals surface area contributed by atoms with Gasteiger partial charge in [0.2, 0.25) is 0 Å². The van der Waals surface area contributed by atoms with Gasteiger partial charge in [-0.1, -0.05) is 31.2 Å². The Bertz CT molecular complexity index is 906. The molecule has 138 valence electrons. The average Bonchev–Trinajstić information content (AvgIpc) is 2.68. The van der Waals surface area contributed by atoms with E-state index < -0.39 is 9.84 Å². The number of benzene rings is 2. The third kappa shape index (κ3) is 3.50. The molecule has 0 N–H and O–H groups in total. The number of sulfone groups is 1. The zero-order chi connectivity index (χ0) is 18.7. The van der Waals surface area contributed by atoms with Crippen LogP contribution < -0.4 is 9.80 Å². The Balaban J connectivity index is 1.82. The lowest BCUT2D eigenvalue weighted by atomic mass is 10.2. The second kappa shape index (κ2) is 7.33. The Morgan fingerprint density at radius 2 is 1.42 bits per heavy atom. The minimum absolute atomic E-state index is 0.0557. The summed E-state index contributed by atoms with van der Waals surface area (Å²) in [6, 6.07) is 13.7. The smallest absolute Gasteiger partial charge is 0.292 e. The van der Waals surface area contributed by atoms with Crippen LogP contribution in [0.5, 0.6) is 0 Å². The summed E-state index contributed by atoms with van der Waals surface area (Å²) in [5, 5.41) is 11.2. The third-order valence-electron chi connectivity index (χ3n) is 4.62. The summed E-state index contributed by atoms with van der Waals surface area (Å²) >= 11 is 0. The summed E-state index contributed by atoms with van der Waals surface area (Å²) in [4.78, 5) is 15.2. The monoisotopic (exact) mass is 375 g/mol. The highest BCUT2D eigenvalue weighted by Gasteiger charge is 2.26. The lowest BCUT2D eigenvalue weighted by Gasteiger charge is -2.37. The first kappa shape index (κ1) is 18.2. The number of nitro benzene ring substituents is 1. The van der Waals surface area contributed by atoms with Gasteiger partial charge in [0, 0.05) is 32.2 Å². The van der Waals surface area contributed by atoms with Crippen molar-refractivity contribution in [2.45, 2.75) is 11.8 Å². The number of hydrogen-bond donors (Lipinski definition) is 0. The molecular formula is C18H21N3O4S. The molecule has 0 amide bonds. The van der Waals surface area contributed by atoms with Crippen LogP contribution in [0.3, 0.4) is 0 Å². The van der Waals surface area contributed by atoms with Crippen molar-refractivity contribution < 1.29 is 13.3 Å². The Morgan fingerprint density at radius 1 is 0.923 bits per heavy atom. The molecule has 0 bridgehead atoms. The summed E-state index contributed by atoms with van der Waals surface area (Å²) in [7, 11) is -3.31. The van der Waals surface area contributed by atoms with Crippen molar-refractivity contribution in [3.05, 3.63) is 58.6 Å². The van der Waals surface area contributed by atoms with Gasteiger partial charge in [-0.15, -0.1) is 0 Å². The van der Waals surface area contributed by atoms with E-state index in [4.69, 9.17) is 0 Å². The summed E-state index contributed by atoms with van der Waals surface area (Å²) in [5.41, 5.74) is 1.40. The molecule has 1 fully saturated rings. The standard InChI is InChI=1S/C18H21N3O4S/c1-2-26(24,25)18-10-6-5-9-17(18)20-13-11-19(12-14-20)15-7-3-4-8-16(15)21(22)23/h3-10H,2,11-14H2,1H3.